The summed E-state index contributed by atoms with van der Waals surface area (Å²) in [7, 11) is 0. The van der Waals surface area contributed by atoms with Gasteiger partial charge in [0.15, 0.2) is 0 Å². The Morgan fingerprint density at radius 2 is 2.07 bits per heavy atom. The summed E-state index contributed by atoms with van der Waals surface area (Å²) in [4.78, 5) is 4.40. The summed E-state index contributed by atoms with van der Waals surface area (Å²) in [5, 5.41) is 0. The van der Waals surface area contributed by atoms with Crippen molar-refractivity contribution in [2.45, 2.75) is 51.9 Å². The third kappa shape index (κ3) is 3.90. The minimum absolute atomic E-state index is 0.608. The summed E-state index contributed by atoms with van der Waals surface area (Å²) in [5.41, 5.74) is 7.58. The maximum atomic E-state index is 5.63. The van der Waals surface area contributed by atoms with Gasteiger partial charge in [0, 0.05) is 11.6 Å². The normalized spacial score (nSPS) is 12.7. The summed E-state index contributed by atoms with van der Waals surface area (Å²) in [6.07, 6.45) is 8.10. The van der Waals surface area contributed by atoms with Gasteiger partial charge in [-0.25, -0.2) is 0 Å². The number of anilines is 1. The number of unbranched alkanes of at least 4 members (excludes halogenated alkanes) is 2. The van der Waals surface area contributed by atoms with Crippen molar-refractivity contribution >= 4 is 5.69 Å². The Morgan fingerprint density at radius 1 is 1.27 bits per heavy atom. The van der Waals surface area contributed by atoms with Crippen molar-refractivity contribution in [3.05, 3.63) is 24.0 Å². The number of nitrogens with zero attached hydrogens (tertiary/aromatic N) is 1. The zero-order chi connectivity index (χ0) is 11.1. The monoisotopic (exact) mass is 206 g/mol. The van der Waals surface area contributed by atoms with Crippen molar-refractivity contribution in [1.29, 1.82) is 0 Å². The molecule has 0 aromatic carbocycles. The van der Waals surface area contributed by atoms with Crippen molar-refractivity contribution in [2.24, 2.45) is 0 Å². The first kappa shape index (κ1) is 12.0. The first-order chi connectivity index (χ1) is 7.27. The summed E-state index contributed by atoms with van der Waals surface area (Å²) in [6, 6.07) is 4.01. The SMILES string of the molecule is CCCCCC(CC)c1ccc(N)cn1. The molecular formula is C13H22N2. The molecule has 0 saturated carbocycles. The third-order valence-electron chi connectivity index (χ3n) is 2.88. The molecule has 0 aliphatic rings. The second-order valence-corrected chi connectivity index (χ2v) is 4.12. The first-order valence-electron chi connectivity index (χ1n) is 5.99. The van der Waals surface area contributed by atoms with Gasteiger partial charge in [-0.3, -0.25) is 4.98 Å². The standard InChI is InChI=1S/C13H22N2/c1-3-5-6-7-11(4-2)13-9-8-12(14)10-15-13/h8-11H,3-7,14H2,1-2H3. The van der Waals surface area contributed by atoms with Crippen molar-refractivity contribution in [3.8, 4) is 0 Å². The van der Waals surface area contributed by atoms with Gasteiger partial charge in [0.05, 0.1) is 11.9 Å². The van der Waals surface area contributed by atoms with Crippen LogP contribution in [0.3, 0.4) is 0 Å². The molecule has 1 aromatic heterocycles. The van der Waals surface area contributed by atoms with E-state index in [0.717, 1.165) is 5.69 Å². The predicted octanol–water partition coefficient (Wildman–Crippen LogP) is 3.74. The maximum absolute atomic E-state index is 5.63. The largest absolute Gasteiger partial charge is 0.397 e. The topological polar surface area (TPSA) is 38.9 Å². The molecule has 15 heavy (non-hydrogen) atoms. The van der Waals surface area contributed by atoms with Crippen LogP contribution >= 0.6 is 0 Å². The van der Waals surface area contributed by atoms with E-state index in [-0.39, 0.29) is 0 Å². The van der Waals surface area contributed by atoms with Crippen molar-refractivity contribution in [3.63, 3.8) is 0 Å². The highest BCUT2D eigenvalue weighted by atomic mass is 14.7. The molecule has 2 N–H and O–H groups in total. The van der Waals surface area contributed by atoms with Gasteiger partial charge in [0.25, 0.3) is 0 Å². The molecule has 0 bridgehead atoms. The molecule has 0 amide bonds. The van der Waals surface area contributed by atoms with Crippen LogP contribution in [0.5, 0.6) is 0 Å². The van der Waals surface area contributed by atoms with Crippen LogP contribution in [-0.4, -0.2) is 4.98 Å². The van der Waals surface area contributed by atoms with Gasteiger partial charge < -0.3 is 5.73 Å². The molecule has 2 nitrogen and oxygen atoms in total. The number of aromatic nitrogens is 1. The molecule has 0 radical (unpaired) electrons. The number of pyridine rings is 1. The van der Waals surface area contributed by atoms with Crippen molar-refractivity contribution in [2.75, 3.05) is 5.73 Å². The third-order valence-corrected chi connectivity index (χ3v) is 2.88. The number of hydrogen-bond acceptors (Lipinski definition) is 2. The predicted molar refractivity (Wildman–Crippen MR) is 65.8 cm³/mol. The summed E-state index contributed by atoms with van der Waals surface area (Å²) in [5.74, 6) is 0.608. The summed E-state index contributed by atoms with van der Waals surface area (Å²) in [6.45, 7) is 4.47. The molecule has 1 atom stereocenters. The van der Waals surface area contributed by atoms with Crippen LogP contribution in [0.1, 0.15) is 57.6 Å². The molecule has 2 heteroatoms. The van der Waals surface area contributed by atoms with E-state index in [4.69, 9.17) is 5.73 Å². The van der Waals surface area contributed by atoms with Gasteiger partial charge in [0.2, 0.25) is 0 Å². The Morgan fingerprint density at radius 3 is 2.60 bits per heavy atom. The number of hydrogen-bond donors (Lipinski definition) is 1. The fourth-order valence-corrected chi connectivity index (χ4v) is 1.86. The van der Waals surface area contributed by atoms with E-state index in [9.17, 15) is 0 Å². The molecule has 0 saturated heterocycles. The van der Waals surface area contributed by atoms with E-state index in [1.807, 2.05) is 6.07 Å². The maximum Gasteiger partial charge on any atom is 0.0501 e. The lowest BCUT2D eigenvalue weighted by Crippen LogP contribution is -2.01. The van der Waals surface area contributed by atoms with Crippen molar-refractivity contribution < 1.29 is 0 Å². The smallest absolute Gasteiger partial charge is 0.0501 e. The lowest BCUT2D eigenvalue weighted by molar-refractivity contribution is 0.543. The quantitative estimate of drug-likeness (QED) is 0.720. The van der Waals surface area contributed by atoms with Gasteiger partial charge in [-0.1, -0.05) is 33.1 Å². The fourth-order valence-electron chi connectivity index (χ4n) is 1.86. The molecule has 0 fully saturated rings. The first-order valence-corrected chi connectivity index (χ1v) is 5.99. The second-order valence-electron chi connectivity index (χ2n) is 4.12. The van der Waals surface area contributed by atoms with Crippen LogP contribution in [-0.2, 0) is 0 Å². The van der Waals surface area contributed by atoms with Gasteiger partial charge in [-0.15, -0.1) is 0 Å². The van der Waals surface area contributed by atoms with Crippen LogP contribution in [0.25, 0.3) is 0 Å². The number of rotatable bonds is 6. The van der Waals surface area contributed by atoms with E-state index >= 15 is 0 Å². The average molecular weight is 206 g/mol. The summed E-state index contributed by atoms with van der Waals surface area (Å²) < 4.78 is 0. The lowest BCUT2D eigenvalue weighted by atomic mass is 9.95. The second kappa shape index (κ2) is 6.44. The number of nitrogens with two attached hydrogens (primary N) is 1. The fraction of sp³-hybridized carbons (Fsp3) is 0.615. The minimum atomic E-state index is 0.608. The minimum Gasteiger partial charge on any atom is -0.397 e. The lowest BCUT2D eigenvalue weighted by Gasteiger charge is -2.13. The highest BCUT2D eigenvalue weighted by Crippen LogP contribution is 2.24. The van der Waals surface area contributed by atoms with Gasteiger partial charge in [-0.05, 0) is 25.0 Å². The highest BCUT2D eigenvalue weighted by molar-refractivity contribution is 5.35. The van der Waals surface area contributed by atoms with E-state index in [1.165, 1.54) is 37.8 Å². The molecule has 1 aromatic rings. The van der Waals surface area contributed by atoms with E-state index < -0.39 is 0 Å². The molecule has 0 aliphatic heterocycles. The van der Waals surface area contributed by atoms with Crippen LogP contribution in [0, 0.1) is 0 Å². The Hall–Kier alpha value is -1.05. The molecule has 1 rings (SSSR count). The molecule has 0 spiro atoms. The van der Waals surface area contributed by atoms with E-state index in [1.54, 1.807) is 6.20 Å². The molecule has 1 unspecified atom stereocenters. The summed E-state index contributed by atoms with van der Waals surface area (Å²) >= 11 is 0. The van der Waals surface area contributed by atoms with Crippen LogP contribution in [0.2, 0.25) is 0 Å². The molecular weight excluding hydrogens is 184 g/mol. The zero-order valence-corrected chi connectivity index (χ0v) is 9.87. The van der Waals surface area contributed by atoms with E-state index in [2.05, 4.69) is 24.9 Å². The zero-order valence-electron chi connectivity index (χ0n) is 9.87. The Balaban J connectivity index is 2.53. The van der Waals surface area contributed by atoms with Gasteiger partial charge in [-0.2, -0.15) is 0 Å². The van der Waals surface area contributed by atoms with E-state index in [0.29, 0.717) is 5.92 Å². The average Bonchev–Trinajstić information content (AvgIpc) is 2.26. The Bertz CT molecular complexity index is 266. The Kier molecular flexibility index (Phi) is 5.16. The molecule has 84 valence electrons. The molecule has 1 heterocycles. The van der Waals surface area contributed by atoms with Crippen LogP contribution in [0.4, 0.5) is 5.69 Å². The van der Waals surface area contributed by atoms with Gasteiger partial charge in [0.1, 0.15) is 0 Å². The number of nitrogen functional groups attached to an aromatic ring is 1. The van der Waals surface area contributed by atoms with Crippen LogP contribution in [0.15, 0.2) is 18.3 Å². The Labute approximate surface area is 92.9 Å². The molecule has 0 aliphatic carbocycles. The van der Waals surface area contributed by atoms with Crippen LogP contribution < -0.4 is 5.73 Å². The highest BCUT2D eigenvalue weighted by Gasteiger charge is 2.09. The van der Waals surface area contributed by atoms with Gasteiger partial charge >= 0.3 is 0 Å². The van der Waals surface area contributed by atoms with Crippen molar-refractivity contribution in [1.82, 2.24) is 4.98 Å².